The smallest absolute Gasteiger partial charge is 0.124 e. The van der Waals surface area contributed by atoms with Crippen LogP contribution < -0.4 is 4.74 Å². The minimum Gasteiger partial charge on any atom is -0.496 e. The van der Waals surface area contributed by atoms with Gasteiger partial charge >= 0.3 is 0 Å². The summed E-state index contributed by atoms with van der Waals surface area (Å²) in [5.74, 6) is 0.963. The average Bonchev–Trinajstić information content (AvgIpc) is 2.79. The molecule has 1 aliphatic rings. The quantitative estimate of drug-likeness (QED) is 0.893. The van der Waals surface area contributed by atoms with Gasteiger partial charge in [0.25, 0.3) is 0 Å². The maximum atomic E-state index is 9.88. The molecule has 2 heteroatoms. The summed E-state index contributed by atoms with van der Waals surface area (Å²) in [7, 11) is 1.71. The minimum atomic E-state index is -0.279. The van der Waals surface area contributed by atoms with Crippen LogP contribution in [-0.2, 0) is 6.42 Å². The third kappa shape index (κ3) is 2.10. The first-order valence-corrected chi connectivity index (χ1v) is 7.06. The predicted molar refractivity (Wildman–Crippen MR) is 81.2 cm³/mol. The molecule has 3 rings (SSSR count). The molecule has 1 unspecified atom stereocenters. The van der Waals surface area contributed by atoms with E-state index in [1.807, 2.05) is 0 Å². The summed E-state index contributed by atoms with van der Waals surface area (Å²) in [6.45, 7) is 4.15. The normalized spacial score (nSPS) is 17.1. The van der Waals surface area contributed by atoms with Gasteiger partial charge in [0.15, 0.2) is 0 Å². The monoisotopic (exact) mass is 268 g/mol. The molecule has 20 heavy (non-hydrogen) atoms. The van der Waals surface area contributed by atoms with Crippen LogP contribution in [0.15, 0.2) is 30.3 Å². The molecule has 1 atom stereocenters. The number of aliphatic hydroxyl groups excluding tert-OH is 1. The lowest BCUT2D eigenvalue weighted by molar-refractivity contribution is 0.180. The Balaban J connectivity index is 2.06. The number of fused-ring (bicyclic) bond motifs is 1. The molecule has 0 radical (unpaired) electrons. The van der Waals surface area contributed by atoms with Crippen molar-refractivity contribution in [1.82, 2.24) is 0 Å². The molecule has 0 spiro atoms. The molecular weight excluding hydrogens is 248 g/mol. The molecule has 0 saturated carbocycles. The van der Waals surface area contributed by atoms with Crippen molar-refractivity contribution < 1.29 is 9.84 Å². The van der Waals surface area contributed by atoms with Gasteiger partial charge in [-0.3, -0.25) is 0 Å². The van der Waals surface area contributed by atoms with Gasteiger partial charge in [0.2, 0.25) is 0 Å². The number of rotatable bonds is 2. The molecule has 0 heterocycles. The van der Waals surface area contributed by atoms with E-state index in [-0.39, 0.29) is 6.10 Å². The zero-order chi connectivity index (χ0) is 14.3. The Kier molecular flexibility index (Phi) is 3.27. The van der Waals surface area contributed by atoms with Crippen molar-refractivity contribution in [2.75, 3.05) is 7.11 Å². The fourth-order valence-corrected chi connectivity index (χ4v) is 3.21. The summed E-state index contributed by atoms with van der Waals surface area (Å²) < 4.78 is 5.42. The summed E-state index contributed by atoms with van der Waals surface area (Å²) in [6.07, 6.45) is 1.54. The summed E-state index contributed by atoms with van der Waals surface area (Å²) in [5, 5.41) is 9.88. The maximum Gasteiger partial charge on any atom is 0.124 e. The van der Waals surface area contributed by atoms with E-state index in [2.05, 4.69) is 44.2 Å². The Morgan fingerprint density at radius 3 is 2.40 bits per heavy atom. The summed E-state index contributed by atoms with van der Waals surface area (Å²) in [4.78, 5) is 0. The Hall–Kier alpha value is -1.80. The van der Waals surface area contributed by atoms with Crippen LogP contribution in [0.1, 0.15) is 34.8 Å². The fourth-order valence-electron chi connectivity index (χ4n) is 3.21. The largest absolute Gasteiger partial charge is 0.496 e. The molecule has 0 saturated heterocycles. The number of benzene rings is 2. The third-order valence-corrected chi connectivity index (χ3v) is 4.19. The van der Waals surface area contributed by atoms with Gasteiger partial charge in [-0.25, -0.2) is 0 Å². The number of hydrogen-bond acceptors (Lipinski definition) is 2. The van der Waals surface area contributed by atoms with Gasteiger partial charge in [-0.2, -0.15) is 0 Å². The van der Waals surface area contributed by atoms with E-state index in [9.17, 15) is 5.11 Å². The second-order valence-corrected chi connectivity index (χ2v) is 5.61. The third-order valence-electron chi connectivity index (χ3n) is 4.19. The molecular formula is C18H20O2. The van der Waals surface area contributed by atoms with Crippen molar-refractivity contribution in [2.24, 2.45) is 0 Å². The van der Waals surface area contributed by atoms with Crippen LogP contribution in [0.5, 0.6) is 5.75 Å². The Morgan fingerprint density at radius 1 is 1.05 bits per heavy atom. The van der Waals surface area contributed by atoms with Crippen LogP contribution in [0.2, 0.25) is 0 Å². The second kappa shape index (κ2) is 4.95. The van der Waals surface area contributed by atoms with Gasteiger partial charge in [-0.05, 0) is 72.2 Å². The highest BCUT2D eigenvalue weighted by molar-refractivity contribution is 5.69. The number of methoxy groups -OCH3 is 1. The Labute approximate surface area is 120 Å². The van der Waals surface area contributed by atoms with Gasteiger partial charge in [0.1, 0.15) is 5.75 Å². The second-order valence-electron chi connectivity index (χ2n) is 5.61. The first-order chi connectivity index (χ1) is 9.60. The maximum absolute atomic E-state index is 9.88. The highest BCUT2D eigenvalue weighted by Gasteiger charge is 2.20. The van der Waals surface area contributed by atoms with E-state index in [1.165, 1.54) is 16.7 Å². The lowest BCUT2D eigenvalue weighted by Gasteiger charge is -2.12. The van der Waals surface area contributed by atoms with Gasteiger partial charge in [-0.1, -0.05) is 18.2 Å². The fraction of sp³-hybridized carbons (Fsp3) is 0.333. The van der Waals surface area contributed by atoms with Crippen LogP contribution >= 0.6 is 0 Å². The Morgan fingerprint density at radius 2 is 1.75 bits per heavy atom. The minimum absolute atomic E-state index is 0.279. The average molecular weight is 268 g/mol. The molecule has 1 N–H and O–H groups in total. The molecule has 0 aromatic heterocycles. The van der Waals surface area contributed by atoms with E-state index in [0.717, 1.165) is 35.3 Å². The van der Waals surface area contributed by atoms with Gasteiger partial charge in [-0.15, -0.1) is 0 Å². The van der Waals surface area contributed by atoms with E-state index < -0.39 is 0 Å². The molecule has 0 amide bonds. The summed E-state index contributed by atoms with van der Waals surface area (Å²) >= 11 is 0. The molecule has 2 aromatic carbocycles. The van der Waals surface area contributed by atoms with Gasteiger partial charge in [0.05, 0.1) is 13.2 Å². The van der Waals surface area contributed by atoms with Gasteiger partial charge in [0, 0.05) is 0 Å². The highest BCUT2D eigenvalue weighted by atomic mass is 16.5. The molecule has 0 fully saturated rings. The first kappa shape index (κ1) is 13.2. The van der Waals surface area contributed by atoms with Crippen molar-refractivity contribution in [3.05, 3.63) is 52.6 Å². The molecule has 104 valence electrons. The molecule has 2 aromatic rings. The summed E-state index contributed by atoms with van der Waals surface area (Å²) in [5.41, 5.74) is 7.11. The lowest BCUT2D eigenvalue weighted by Crippen LogP contribution is -1.93. The van der Waals surface area contributed by atoms with E-state index >= 15 is 0 Å². The van der Waals surface area contributed by atoms with Crippen LogP contribution in [0.4, 0.5) is 0 Å². The molecule has 0 bridgehead atoms. The molecule has 1 aliphatic carbocycles. The van der Waals surface area contributed by atoms with Crippen molar-refractivity contribution in [1.29, 1.82) is 0 Å². The first-order valence-electron chi connectivity index (χ1n) is 7.06. The van der Waals surface area contributed by atoms with Crippen LogP contribution in [0.3, 0.4) is 0 Å². The topological polar surface area (TPSA) is 29.5 Å². The van der Waals surface area contributed by atoms with E-state index in [4.69, 9.17) is 4.74 Å². The number of aliphatic hydroxyl groups is 1. The highest BCUT2D eigenvalue weighted by Crippen LogP contribution is 2.35. The van der Waals surface area contributed by atoms with Gasteiger partial charge < -0.3 is 9.84 Å². The predicted octanol–water partition coefficient (Wildman–Crippen LogP) is 3.96. The van der Waals surface area contributed by atoms with E-state index in [0.29, 0.717) is 0 Å². The number of aryl methyl sites for hydroxylation is 3. The van der Waals surface area contributed by atoms with Crippen LogP contribution in [-0.4, -0.2) is 12.2 Å². The lowest BCUT2D eigenvalue weighted by atomic mass is 9.97. The van der Waals surface area contributed by atoms with E-state index in [1.54, 1.807) is 7.11 Å². The number of hydrogen-bond donors (Lipinski definition) is 1. The molecule has 0 aliphatic heterocycles. The molecule has 2 nitrogen and oxygen atoms in total. The van der Waals surface area contributed by atoms with Crippen molar-refractivity contribution in [3.8, 4) is 16.9 Å². The SMILES string of the molecule is COc1c(C)cc(-c2ccc3c(c2)CCC3O)cc1C. The van der Waals surface area contributed by atoms with Crippen LogP contribution in [0.25, 0.3) is 11.1 Å². The van der Waals surface area contributed by atoms with Crippen molar-refractivity contribution in [2.45, 2.75) is 32.8 Å². The van der Waals surface area contributed by atoms with Crippen LogP contribution in [0, 0.1) is 13.8 Å². The number of ether oxygens (including phenoxy) is 1. The zero-order valence-corrected chi connectivity index (χ0v) is 12.2. The zero-order valence-electron chi connectivity index (χ0n) is 12.2. The Bertz CT molecular complexity index is 635. The summed E-state index contributed by atoms with van der Waals surface area (Å²) in [6, 6.07) is 10.7. The van der Waals surface area contributed by atoms with Crippen molar-refractivity contribution >= 4 is 0 Å². The van der Waals surface area contributed by atoms with Crippen molar-refractivity contribution in [3.63, 3.8) is 0 Å². The standard InChI is InChI=1S/C18H20O2/c1-11-8-15(9-12(2)18(11)20-3)13-4-6-16-14(10-13)5-7-17(16)19/h4,6,8-10,17,19H,5,7H2,1-3H3.